The largest absolute Gasteiger partial charge is 0.481 e. The van der Waals surface area contributed by atoms with Crippen LogP contribution in [0.4, 0.5) is 0 Å². The molecule has 2 heteroatoms. The van der Waals surface area contributed by atoms with Gasteiger partial charge in [-0.25, -0.2) is 4.98 Å². The molecule has 0 bridgehead atoms. The SMILES string of the molecule is COc1ccc(C#CC(C)C)cn1. The smallest absolute Gasteiger partial charge is 0.212 e. The van der Waals surface area contributed by atoms with Crippen molar-refractivity contribution < 1.29 is 4.74 Å². The number of nitrogens with zero attached hydrogens (tertiary/aromatic N) is 1. The molecule has 0 unspecified atom stereocenters. The Bertz CT molecular complexity index is 316. The first kappa shape index (κ1) is 9.60. The summed E-state index contributed by atoms with van der Waals surface area (Å²) in [6.45, 7) is 4.12. The van der Waals surface area contributed by atoms with Gasteiger partial charge in [-0.3, -0.25) is 0 Å². The minimum Gasteiger partial charge on any atom is -0.481 e. The van der Waals surface area contributed by atoms with Crippen LogP contribution in [0, 0.1) is 17.8 Å². The Morgan fingerprint density at radius 1 is 1.38 bits per heavy atom. The normalized spacial score (nSPS) is 9.23. The number of hydrogen-bond donors (Lipinski definition) is 0. The van der Waals surface area contributed by atoms with Crippen molar-refractivity contribution in [3.05, 3.63) is 23.9 Å². The van der Waals surface area contributed by atoms with Gasteiger partial charge in [0.2, 0.25) is 5.88 Å². The Kier molecular flexibility index (Phi) is 3.33. The molecule has 0 spiro atoms. The molecule has 13 heavy (non-hydrogen) atoms. The van der Waals surface area contributed by atoms with E-state index in [9.17, 15) is 0 Å². The van der Waals surface area contributed by atoms with Gasteiger partial charge in [0.15, 0.2) is 0 Å². The topological polar surface area (TPSA) is 22.1 Å². The van der Waals surface area contributed by atoms with E-state index in [0.717, 1.165) is 5.56 Å². The molecule has 0 saturated heterocycles. The quantitative estimate of drug-likeness (QED) is 0.610. The van der Waals surface area contributed by atoms with Crippen LogP contribution in [0.2, 0.25) is 0 Å². The fraction of sp³-hybridized carbons (Fsp3) is 0.364. The predicted molar refractivity (Wildman–Crippen MR) is 52.5 cm³/mol. The van der Waals surface area contributed by atoms with Gasteiger partial charge in [0.25, 0.3) is 0 Å². The molecular weight excluding hydrogens is 162 g/mol. The summed E-state index contributed by atoms with van der Waals surface area (Å²) in [5, 5.41) is 0. The van der Waals surface area contributed by atoms with E-state index < -0.39 is 0 Å². The van der Waals surface area contributed by atoms with E-state index in [1.165, 1.54) is 0 Å². The molecule has 0 saturated carbocycles. The summed E-state index contributed by atoms with van der Waals surface area (Å²) in [5.41, 5.74) is 0.925. The summed E-state index contributed by atoms with van der Waals surface area (Å²) >= 11 is 0. The van der Waals surface area contributed by atoms with E-state index in [2.05, 4.69) is 30.7 Å². The first-order chi connectivity index (χ1) is 6.22. The molecule has 0 N–H and O–H groups in total. The lowest BCUT2D eigenvalue weighted by Gasteiger charge is -1.96. The van der Waals surface area contributed by atoms with Gasteiger partial charge < -0.3 is 4.74 Å². The van der Waals surface area contributed by atoms with Crippen LogP contribution in [0.1, 0.15) is 19.4 Å². The first-order valence-corrected chi connectivity index (χ1v) is 4.24. The number of rotatable bonds is 1. The third-order valence-corrected chi connectivity index (χ3v) is 1.45. The third-order valence-electron chi connectivity index (χ3n) is 1.45. The van der Waals surface area contributed by atoms with Gasteiger partial charge in [-0.15, -0.1) is 0 Å². The molecule has 1 rings (SSSR count). The maximum Gasteiger partial charge on any atom is 0.212 e. The van der Waals surface area contributed by atoms with Crippen molar-refractivity contribution in [1.29, 1.82) is 0 Å². The van der Waals surface area contributed by atoms with Crippen molar-refractivity contribution in [1.82, 2.24) is 4.98 Å². The van der Waals surface area contributed by atoms with Gasteiger partial charge in [-0.05, 0) is 6.07 Å². The predicted octanol–water partition coefficient (Wildman–Crippen LogP) is 2.10. The van der Waals surface area contributed by atoms with Crippen LogP contribution < -0.4 is 4.74 Å². The summed E-state index contributed by atoms with van der Waals surface area (Å²) in [6.07, 6.45) is 1.72. The highest BCUT2D eigenvalue weighted by atomic mass is 16.5. The number of aromatic nitrogens is 1. The van der Waals surface area contributed by atoms with E-state index in [1.807, 2.05) is 12.1 Å². The third kappa shape index (κ3) is 3.16. The highest BCUT2D eigenvalue weighted by Crippen LogP contribution is 2.05. The van der Waals surface area contributed by atoms with Crippen molar-refractivity contribution in [2.75, 3.05) is 7.11 Å². The van der Waals surface area contributed by atoms with Crippen molar-refractivity contribution in [2.45, 2.75) is 13.8 Å². The molecule has 2 nitrogen and oxygen atoms in total. The standard InChI is InChI=1S/C11H13NO/c1-9(2)4-5-10-6-7-11(13-3)12-8-10/h6-9H,1-3H3. The van der Waals surface area contributed by atoms with Gasteiger partial charge in [0, 0.05) is 23.7 Å². The zero-order chi connectivity index (χ0) is 9.68. The summed E-state index contributed by atoms with van der Waals surface area (Å²) < 4.78 is 4.94. The van der Waals surface area contributed by atoms with E-state index in [-0.39, 0.29) is 0 Å². The van der Waals surface area contributed by atoms with Crippen LogP contribution in [0.25, 0.3) is 0 Å². The van der Waals surface area contributed by atoms with Crippen LogP contribution in [0.3, 0.4) is 0 Å². The van der Waals surface area contributed by atoms with Gasteiger partial charge >= 0.3 is 0 Å². The van der Waals surface area contributed by atoms with Crippen molar-refractivity contribution in [3.8, 4) is 17.7 Å². The van der Waals surface area contributed by atoms with Crippen LogP contribution in [0.5, 0.6) is 5.88 Å². The van der Waals surface area contributed by atoms with E-state index >= 15 is 0 Å². The molecule has 1 aromatic rings. The minimum atomic E-state index is 0.391. The second kappa shape index (κ2) is 4.51. The number of methoxy groups -OCH3 is 1. The summed E-state index contributed by atoms with van der Waals surface area (Å²) in [5.74, 6) is 7.11. The van der Waals surface area contributed by atoms with E-state index in [0.29, 0.717) is 11.8 Å². The Morgan fingerprint density at radius 3 is 2.62 bits per heavy atom. The zero-order valence-corrected chi connectivity index (χ0v) is 8.16. The zero-order valence-electron chi connectivity index (χ0n) is 8.16. The van der Waals surface area contributed by atoms with Crippen molar-refractivity contribution in [3.63, 3.8) is 0 Å². The van der Waals surface area contributed by atoms with Crippen molar-refractivity contribution >= 4 is 0 Å². The fourth-order valence-corrected chi connectivity index (χ4v) is 0.803. The molecule has 0 fully saturated rings. The molecule has 0 amide bonds. The summed E-state index contributed by atoms with van der Waals surface area (Å²) in [6, 6.07) is 3.71. The Hall–Kier alpha value is -1.49. The molecule has 1 heterocycles. The summed E-state index contributed by atoms with van der Waals surface area (Å²) in [4.78, 5) is 4.05. The van der Waals surface area contributed by atoms with E-state index in [4.69, 9.17) is 4.74 Å². The Labute approximate surface area is 79.0 Å². The second-order valence-electron chi connectivity index (χ2n) is 3.01. The van der Waals surface area contributed by atoms with Crippen LogP contribution in [-0.2, 0) is 0 Å². The molecule has 0 aliphatic rings. The Balaban J connectivity index is 2.77. The number of ether oxygens (including phenoxy) is 1. The average Bonchev–Trinajstić information content (AvgIpc) is 2.15. The number of hydrogen-bond acceptors (Lipinski definition) is 2. The lowest BCUT2D eigenvalue weighted by atomic mass is 10.2. The highest BCUT2D eigenvalue weighted by Gasteiger charge is 1.91. The molecule has 0 atom stereocenters. The van der Waals surface area contributed by atoms with Crippen LogP contribution >= 0.6 is 0 Å². The molecule has 0 aromatic carbocycles. The van der Waals surface area contributed by atoms with Crippen LogP contribution in [0.15, 0.2) is 18.3 Å². The maximum atomic E-state index is 4.94. The molecular formula is C11H13NO. The maximum absolute atomic E-state index is 4.94. The first-order valence-electron chi connectivity index (χ1n) is 4.24. The molecule has 0 aliphatic heterocycles. The van der Waals surface area contributed by atoms with Crippen molar-refractivity contribution in [2.24, 2.45) is 5.92 Å². The van der Waals surface area contributed by atoms with Gasteiger partial charge in [0.1, 0.15) is 0 Å². The second-order valence-corrected chi connectivity index (χ2v) is 3.01. The number of pyridine rings is 1. The molecule has 1 aromatic heterocycles. The molecule has 68 valence electrons. The van der Waals surface area contributed by atoms with Crippen LogP contribution in [-0.4, -0.2) is 12.1 Å². The van der Waals surface area contributed by atoms with Gasteiger partial charge in [0.05, 0.1) is 7.11 Å². The Morgan fingerprint density at radius 2 is 2.15 bits per heavy atom. The van der Waals surface area contributed by atoms with Gasteiger partial charge in [-0.1, -0.05) is 25.7 Å². The molecule has 0 aliphatic carbocycles. The molecule has 0 radical (unpaired) electrons. The lowest BCUT2D eigenvalue weighted by Crippen LogP contribution is -1.87. The van der Waals surface area contributed by atoms with E-state index in [1.54, 1.807) is 13.3 Å². The average molecular weight is 175 g/mol. The van der Waals surface area contributed by atoms with Gasteiger partial charge in [-0.2, -0.15) is 0 Å². The minimum absolute atomic E-state index is 0.391. The highest BCUT2D eigenvalue weighted by molar-refractivity contribution is 5.33. The lowest BCUT2D eigenvalue weighted by molar-refractivity contribution is 0.398. The summed E-state index contributed by atoms with van der Waals surface area (Å²) in [7, 11) is 1.60. The fourth-order valence-electron chi connectivity index (χ4n) is 0.803. The monoisotopic (exact) mass is 175 g/mol.